The highest BCUT2D eigenvalue weighted by Gasteiger charge is 2.33. The molecule has 0 saturated heterocycles. The van der Waals surface area contributed by atoms with Crippen LogP contribution in [0, 0.1) is 10.1 Å². The first-order valence-corrected chi connectivity index (χ1v) is 11.8. The van der Waals surface area contributed by atoms with Crippen LogP contribution in [0.3, 0.4) is 0 Å². The summed E-state index contributed by atoms with van der Waals surface area (Å²) in [4.78, 5) is 37.0. The van der Waals surface area contributed by atoms with Crippen LogP contribution in [0.4, 0.5) is 17.1 Å². The minimum absolute atomic E-state index is 0.0316. The van der Waals surface area contributed by atoms with Crippen molar-refractivity contribution in [2.24, 2.45) is 4.40 Å². The Morgan fingerprint density at radius 1 is 1.28 bits per heavy atom. The number of esters is 1. The average Bonchev–Trinajstić information content (AvgIpc) is 3.08. The van der Waals surface area contributed by atoms with Crippen LogP contribution >= 0.6 is 23.4 Å². The number of nitro benzene ring substituents is 1. The van der Waals surface area contributed by atoms with Crippen molar-refractivity contribution in [1.82, 2.24) is 0 Å². The molecule has 166 valence electrons. The maximum Gasteiger partial charge on any atom is 0.338 e. The molecule has 1 amide bonds. The van der Waals surface area contributed by atoms with Crippen LogP contribution in [-0.2, 0) is 19.6 Å². The van der Waals surface area contributed by atoms with Crippen LogP contribution in [0.2, 0.25) is 5.02 Å². The Morgan fingerprint density at radius 2 is 2.06 bits per heavy atom. The van der Waals surface area contributed by atoms with Crippen LogP contribution in [0.5, 0.6) is 0 Å². The first-order chi connectivity index (χ1) is 15.1. The Kier molecular flexibility index (Phi) is 5.79. The number of nitrogens with zero attached hydrogens (tertiary/aromatic N) is 3. The summed E-state index contributed by atoms with van der Waals surface area (Å²) in [7, 11) is -3.49. The molecule has 0 bridgehead atoms. The second kappa shape index (κ2) is 8.41. The van der Waals surface area contributed by atoms with E-state index in [0.29, 0.717) is 10.1 Å². The van der Waals surface area contributed by atoms with Crippen molar-refractivity contribution >= 4 is 67.5 Å². The number of hydrogen-bond donors (Lipinski definition) is 1. The molecular formula is C18H13ClN4O7S2. The van der Waals surface area contributed by atoms with Gasteiger partial charge in [-0.3, -0.25) is 14.9 Å². The summed E-state index contributed by atoms with van der Waals surface area (Å²) in [6.07, 6.45) is 0. The number of nitrogens with one attached hydrogen (secondary N) is 1. The quantitative estimate of drug-likeness (QED) is 0.374. The second-order valence-corrected chi connectivity index (χ2v) is 9.81. The van der Waals surface area contributed by atoms with Gasteiger partial charge in [0.2, 0.25) is 0 Å². The predicted molar refractivity (Wildman–Crippen MR) is 118 cm³/mol. The first-order valence-electron chi connectivity index (χ1n) is 8.96. The number of rotatable bonds is 5. The Hall–Kier alpha value is -3.16. The molecule has 2 aromatic rings. The van der Waals surface area contributed by atoms with Crippen molar-refractivity contribution in [3.8, 4) is 0 Å². The number of nitro groups is 1. The summed E-state index contributed by atoms with van der Waals surface area (Å²) in [5.74, 6) is -1.52. The number of halogens is 1. The summed E-state index contributed by atoms with van der Waals surface area (Å²) in [6, 6.07) is 8.26. The molecule has 0 aromatic heterocycles. The van der Waals surface area contributed by atoms with Gasteiger partial charge in [0.15, 0.2) is 11.8 Å². The number of hydrogen-bond acceptors (Lipinski definition) is 9. The van der Waals surface area contributed by atoms with E-state index in [0.717, 1.165) is 23.5 Å². The zero-order valence-electron chi connectivity index (χ0n) is 16.0. The molecule has 2 aromatic carbocycles. The van der Waals surface area contributed by atoms with Crippen molar-refractivity contribution in [3.63, 3.8) is 0 Å². The monoisotopic (exact) mass is 496 g/mol. The van der Waals surface area contributed by atoms with E-state index in [4.69, 9.17) is 16.3 Å². The van der Waals surface area contributed by atoms with Crippen LogP contribution in [0.1, 0.15) is 10.4 Å². The lowest BCUT2D eigenvalue weighted by atomic mass is 10.2. The highest BCUT2D eigenvalue weighted by Crippen LogP contribution is 2.42. The van der Waals surface area contributed by atoms with Crippen LogP contribution in [0.15, 0.2) is 45.7 Å². The normalized spacial score (nSPS) is 15.9. The summed E-state index contributed by atoms with van der Waals surface area (Å²) in [5, 5.41) is 13.4. The molecule has 0 spiro atoms. The largest absolute Gasteiger partial charge is 0.452 e. The van der Waals surface area contributed by atoms with E-state index in [1.807, 2.05) is 0 Å². The molecule has 0 aliphatic carbocycles. The first kappa shape index (κ1) is 22.0. The van der Waals surface area contributed by atoms with E-state index in [-0.39, 0.29) is 34.3 Å². The number of thioether (sulfide) groups is 1. The molecule has 0 fully saturated rings. The topological polar surface area (TPSA) is 148 Å². The fourth-order valence-electron chi connectivity index (χ4n) is 2.98. The lowest BCUT2D eigenvalue weighted by Crippen LogP contribution is -2.35. The van der Waals surface area contributed by atoms with E-state index >= 15 is 0 Å². The molecular weight excluding hydrogens is 484 g/mol. The van der Waals surface area contributed by atoms with E-state index in [1.54, 1.807) is 17.0 Å². The molecule has 2 aliphatic rings. The van der Waals surface area contributed by atoms with Gasteiger partial charge in [0, 0.05) is 23.6 Å². The molecule has 1 N–H and O–H groups in total. The Bertz CT molecular complexity index is 1300. The number of amidine groups is 1. The van der Waals surface area contributed by atoms with Gasteiger partial charge in [-0.15, -0.1) is 4.40 Å². The number of carbonyl (C=O) groups excluding carboxylic acids is 2. The lowest BCUT2D eigenvalue weighted by molar-refractivity contribution is -0.384. The van der Waals surface area contributed by atoms with Crippen molar-refractivity contribution in [3.05, 3.63) is 57.1 Å². The molecule has 2 aliphatic heterocycles. The van der Waals surface area contributed by atoms with Crippen LogP contribution in [-0.4, -0.2) is 49.3 Å². The number of sulfonamides is 1. The van der Waals surface area contributed by atoms with Crippen molar-refractivity contribution < 1.29 is 27.7 Å². The van der Waals surface area contributed by atoms with Gasteiger partial charge in [0.25, 0.3) is 21.6 Å². The van der Waals surface area contributed by atoms with Gasteiger partial charge in [0.1, 0.15) is 0 Å². The molecule has 0 radical (unpaired) electrons. The molecule has 32 heavy (non-hydrogen) atoms. The standard InChI is InChI=1S/C18H13ClN4O7S2/c19-12-8-11(23(26)27)2-3-13(12)20-16(24)9-30-17(25)10-1-4-14-15(7-10)31-18-21-32(28,29)6-5-22(14)18/h1-4,7-8H,5-6,9H2,(H,20,24). The number of benzene rings is 2. The van der Waals surface area contributed by atoms with Crippen molar-refractivity contribution in [1.29, 1.82) is 0 Å². The minimum Gasteiger partial charge on any atom is -0.452 e. The SMILES string of the molecule is O=C(COC(=O)c1ccc2c(c1)SC1=NS(=O)(=O)CCN12)Nc1ccc([N+](=O)[O-])cc1Cl. The molecule has 4 rings (SSSR count). The van der Waals surface area contributed by atoms with Crippen molar-refractivity contribution in [2.45, 2.75) is 4.90 Å². The number of amides is 1. The Labute approximate surface area is 190 Å². The third-order valence-corrected chi connectivity index (χ3v) is 7.10. The summed E-state index contributed by atoms with van der Waals surface area (Å²) in [6.45, 7) is -0.330. The second-order valence-electron chi connectivity index (χ2n) is 6.64. The molecule has 11 nitrogen and oxygen atoms in total. The zero-order chi connectivity index (χ0) is 23.0. The van der Waals surface area contributed by atoms with Gasteiger partial charge in [-0.25, -0.2) is 13.2 Å². The third-order valence-electron chi connectivity index (χ3n) is 4.48. The summed E-state index contributed by atoms with van der Waals surface area (Å²) in [5.41, 5.74) is 0.833. The van der Waals surface area contributed by atoms with Crippen LogP contribution in [0.25, 0.3) is 0 Å². The average molecular weight is 497 g/mol. The third kappa shape index (κ3) is 4.54. The number of fused-ring (bicyclic) bond motifs is 3. The maximum atomic E-state index is 12.4. The van der Waals surface area contributed by atoms with E-state index < -0.39 is 33.4 Å². The van der Waals surface area contributed by atoms with Gasteiger partial charge >= 0.3 is 5.97 Å². The summed E-state index contributed by atoms with van der Waals surface area (Å²) < 4.78 is 32.2. The van der Waals surface area contributed by atoms with E-state index in [1.165, 1.54) is 18.2 Å². The molecule has 14 heteroatoms. The number of anilines is 2. The van der Waals surface area contributed by atoms with Gasteiger partial charge in [-0.1, -0.05) is 11.6 Å². The van der Waals surface area contributed by atoms with Gasteiger partial charge in [-0.05, 0) is 36.0 Å². The van der Waals surface area contributed by atoms with E-state index in [9.17, 15) is 28.1 Å². The summed E-state index contributed by atoms with van der Waals surface area (Å²) >= 11 is 7.05. The smallest absolute Gasteiger partial charge is 0.338 e. The fraction of sp³-hybridized carbons (Fsp3) is 0.167. The zero-order valence-corrected chi connectivity index (χ0v) is 18.4. The highest BCUT2D eigenvalue weighted by atomic mass is 35.5. The Balaban J connectivity index is 1.39. The van der Waals surface area contributed by atoms with Gasteiger partial charge in [0.05, 0.1) is 32.6 Å². The predicted octanol–water partition coefficient (Wildman–Crippen LogP) is 2.66. The maximum absolute atomic E-state index is 12.4. The molecule has 2 heterocycles. The molecule has 0 atom stereocenters. The van der Waals surface area contributed by atoms with Gasteiger partial charge in [-0.2, -0.15) is 0 Å². The minimum atomic E-state index is -3.49. The molecule has 0 unspecified atom stereocenters. The number of carbonyl (C=O) groups is 2. The van der Waals surface area contributed by atoms with Gasteiger partial charge < -0.3 is 15.0 Å². The highest BCUT2D eigenvalue weighted by molar-refractivity contribution is 8.15. The Morgan fingerprint density at radius 3 is 2.78 bits per heavy atom. The molecule has 0 saturated carbocycles. The van der Waals surface area contributed by atoms with Crippen LogP contribution < -0.4 is 10.2 Å². The number of ether oxygens (including phenoxy) is 1. The lowest BCUT2D eigenvalue weighted by Gasteiger charge is -2.22. The number of non-ortho nitro benzene ring substituents is 1. The van der Waals surface area contributed by atoms with Crippen molar-refractivity contribution in [2.75, 3.05) is 29.1 Å². The fourth-order valence-corrected chi connectivity index (χ4v) is 5.50. The van der Waals surface area contributed by atoms with E-state index in [2.05, 4.69) is 9.71 Å².